The van der Waals surface area contributed by atoms with Crippen LogP contribution in [-0.4, -0.2) is 16.7 Å². The van der Waals surface area contributed by atoms with Crippen LogP contribution in [0.2, 0.25) is 0 Å². The molecule has 2 rings (SSSR count). The molecule has 0 aliphatic rings. The summed E-state index contributed by atoms with van der Waals surface area (Å²) in [5.41, 5.74) is 3.05. The Bertz CT molecular complexity index is 615. The minimum atomic E-state index is 0.560. The van der Waals surface area contributed by atoms with Gasteiger partial charge in [0.25, 0.3) is 0 Å². The highest BCUT2D eigenvalue weighted by Gasteiger charge is 2.11. The van der Waals surface area contributed by atoms with E-state index in [1.54, 1.807) is 6.92 Å². The second-order valence-corrected chi connectivity index (χ2v) is 4.73. The Morgan fingerprint density at radius 3 is 2.50 bits per heavy atom. The van der Waals surface area contributed by atoms with Crippen LogP contribution in [0.1, 0.15) is 29.9 Å². The van der Waals surface area contributed by atoms with Crippen LogP contribution < -0.4 is 4.74 Å². The minimum absolute atomic E-state index is 0.560. The van der Waals surface area contributed by atoms with E-state index in [0.29, 0.717) is 18.3 Å². The van der Waals surface area contributed by atoms with Gasteiger partial charge in [-0.25, -0.2) is 0 Å². The molecule has 0 atom stereocenters. The van der Waals surface area contributed by atoms with Crippen molar-refractivity contribution in [3.8, 4) is 29.5 Å². The quantitative estimate of drug-likeness (QED) is 0.616. The van der Waals surface area contributed by atoms with Crippen LogP contribution in [0, 0.1) is 33.1 Å². The molecule has 0 saturated heterocycles. The van der Waals surface area contributed by atoms with Crippen LogP contribution in [0.3, 0.4) is 0 Å². The van der Waals surface area contributed by atoms with Crippen LogP contribution in [0.4, 0.5) is 0 Å². The molecule has 0 aliphatic heterocycles. The third-order valence-electron chi connectivity index (χ3n) is 2.96. The summed E-state index contributed by atoms with van der Waals surface area (Å²) in [6.45, 7) is 6.44. The lowest BCUT2D eigenvalue weighted by molar-refractivity contribution is 0.309. The lowest BCUT2D eigenvalue weighted by atomic mass is 10.1. The minimum Gasteiger partial charge on any atom is -0.493 e. The third kappa shape index (κ3) is 3.18. The van der Waals surface area contributed by atoms with Crippen molar-refractivity contribution in [1.29, 1.82) is 0 Å². The first kappa shape index (κ1) is 14.1. The van der Waals surface area contributed by atoms with E-state index in [0.717, 1.165) is 35.3 Å². The highest BCUT2D eigenvalue weighted by atomic mass is 16.5. The normalized spacial score (nSPS) is 10.3. The summed E-state index contributed by atoms with van der Waals surface area (Å²) in [5.74, 6) is 4.68. The van der Waals surface area contributed by atoms with Gasteiger partial charge in [-0.2, -0.15) is 4.98 Å². The van der Waals surface area contributed by atoms with Crippen LogP contribution in [0.15, 0.2) is 16.7 Å². The Labute approximate surface area is 119 Å². The molecule has 0 aliphatic carbocycles. The second-order valence-electron chi connectivity index (χ2n) is 4.73. The average Bonchev–Trinajstić information content (AvgIpc) is 2.83. The maximum absolute atomic E-state index is 5.81. The third-order valence-corrected chi connectivity index (χ3v) is 2.96. The summed E-state index contributed by atoms with van der Waals surface area (Å²) < 4.78 is 10.8. The van der Waals surface area contributed by atoms with Crippen molar-refractivity contribution in [1.82, 2.24) is 10.1 Å². The van der Waals surface area contributed by atoms with Crippen LogP contribution in [0.25, 0.3) is 11.4 Å². The first-order chi connectivity index (χ1) is 9.61. The molecule has 0 spiro atoms. The van der Waals surface area contributed by atoms with Crippen molar-refractivity contribution >= 4 is 0 Å². The highest BCUT2D eigenvalue weighted by Crippen LogP contribution is 2.29. The number of hydrogen-bond acceptors (Lipinski definition) is 4. The van der Waals surface area contributed by atoms with Crippen molar-refractivity contribution < 1.29 is 9.26 Å². The Kier molecular flexibility index (Phi) is 4.41. The molecule has 1 aromatic heterocycles. The number of aryl methyl sites for hydroxylation is 3. The Hall–Kier alpha value is -2.28. The summed E-state index contributed by atoms with van der Waals surface area (Å²) in [4.78, 5) is 4.24. The molecule has 0 saturated carbocycles. The summed E-state index contributed by atoms with van der Waals surface area (Å²) in [5, 5.41) is 3.94. The van der Waals surface area contributed by atoms with Gasteiger partial charge in [-0.15, -0.1) is 12.3 Å². The Balaban J connectivity index is 2.18. The van der Waals surface area contributed by atoms with Gasteiger partial charge in [-0.1, -0.05) is 5.16 Å². The van der Waals surface area contributed by atoms with Gasteiger partial charge >= 0.3 is 0 Å². The number of rotatable bonds is 5. The van der Waals surface area contributed by atoms with Gasteiger partial charge in [0.15, 0.2) is 0 Å². The van der Waals surface area contributed by atoms with Gasteiger partial charge in [0.1, 0.15) is 5.75 Å². The van der Waals surface area contributed by atoms with Crippen LogP contribution in [-0.2, 0) is 0 Å². The van der Waals surface area contributed by atoms with E-state index in [2.05, 4.69) is 16.1 Å². The summed E-state index contributed by atoms with van der Waals surface area (Å²) in [6, 6.07) is 4.02. The maximum atomic E-state index is 5.81. The molecule has 104 valence electrons. The number of hydrogen-bond donors (Lipinski definition) is 0. The standard InChI is InChI=1S/C16H18N2O2/c1-5-6-7-8-19-15-11(2)9-14(10-12(15)3)16-17-13(4)20-18-16/h1,9-10H,6-8H2,2-4H3. The molecule has 2 aromatic rings. The molecule has 0 bridgehead atoms. The van der Waals surface area contributed by atoms with E-state index >= 15 is 0 Å². The average molecular weight is 270 g/mol. The Morgan fingerprint density at radius 2 is 1.95 bits per heavy atom. The number of unbranched alkanes of at least 4 members (excludes halogenated alkanes) is 1. The first-order valence-electron chi connectivity index (χ1n) is 6.60. The van der Waals surface area contributed by atoms with Crippen molar-refractivity contribution in [3.05, 3.63) is 29.2 Å². The topological polar surface area (TPSA) is 48.2 Å². The van der Waals surface area contributed by atoms with Crippen LogP contribution >= 0.6 is 0 Å². The fraction of sp³-hybridized carbons (Fsp3) is 0.375. The molecule has 1 heterocycles. The molecule has 4 heteroatoms. The number of aromatic nitrogens is 2. The Morgan fingerprint density at radius 1 is 1.25 bits per heavy atom. The van der Waals surface area contributed by atoms with E-state index in [4.69, 9.17) is 15.7 Å². The molecule has 0 amide bonds. The summed E-state index contributed by atoms with van der Waals surface area (Å²) in [7, 11) is 0. The number of ether oxygens (including phenoxy) is 1. The summed E-state index contributed by atoms with van der Waals surface area (Å²) >= 11 is 0. The monoisotopic (exact) mass is 270 g/mol. The maximum Gasteiger partial charge on any atom is 0.223 e. The molecule has 0 fully saturated rings. The SMILES string of the molecule is C#CCCCOc1c(C)cc(-c2noc(C)n2)cc1C. The molecular weight excluding hydrogens is 252 g/mol. The van der Waals surface area contributed by atoms with Gasteiger partial charge in [-0.3, -0.25) is 0 Å². The first-order valence-corrected chi connectivity index (χ1v) is 6.60. The zero-order valence-corrected chi connectivity index (χ0v) is 12.1. The van der Waals surface area contributed by atoms with Crippen molar-refractivity contribution in [2.45, 2.75) is 33.6 Å². The van der Waals surface area contributed by atoms with Gasteiger partial charge in [0.2, 0.25) is 11.7 Å². The van der Waals surface area contributed by atoms with Gasteiger partial charge in [0.05, 0.1) is 6.61 Å². The fourth-order valence-corrected chi connectivity index (χ4v) is 2.07. The van der Waals surface area contributed by atoms with Crippen LogP contribution in [0.5, 0.6) is 5.75 Å². The smallest absolute Gasteiger partial charge is 0.223 e. The van der Waals surface area contributed by atoms with Crippen molar-refractivity contribution in [3.63, 3.8) is 0 Å². The van der Waals surface area contributed by atoms with E-state index in [9.17, 15) is 0 Å². The van der Waals surface area contributed by atoms with Crippen molar-refractivity contribution in [2.75, 3.05) is 6.61 Å². The fourth-order valence-electron chi connectivity index (χ4n) is 2.07. The van der Waals surface area contributed by atoms with Gasteiger partial charge < -0.3 is 9.26 Å². The van der Waals surface area contributed by atoms with E-state index in [-0.39, 0.29) is 0 Å². The number of nitrogens with zero attached hydrogens (tertiary/aromatic N) is 2. The predicted octanol–water partition coefficient (Wildman–Crippen LogP) is 3.45. The lowest BCUT2D eigenvalue weighted by Gasteiger charge is -2.12. The second kappa shape index (κ2) is 6.25. The lowest BCUT2D eigenvalue weighted by Crippen LogP contribution is -2.01. The molecule has 0 radical (unpaired) electrons. The van der Waals surface area contributed by atoms with Gasteiger partial charge in [-0.05, 0) is 43.5 Å². The predicted molar refractivity (Wildman–Crippen MR) is 77.5 cm³/mol. The number of terminal acetylenes is 1. The number of benzene rings is 1. The van der Waals surface area contributed by atoms with E-state index in [1.807, 2.05) is 26.0 Å². The highest BCUT2D eigenvalue weighted by molar-refractivity contribution is 5.60. The van der Waals surface area contributed by atoms with Crippen molar-refractivity contribution in [2.24, 2.45) is 0 Å². The molecule has 4 nitrogen and oxygen atoms in total. The molecule has 0 N–H and O–H groups in total. The molecular formula is C16H18N2O2. The van der Waals surface area contributed by atoms with E-state index < -0.39 is 0 Å². The molecule has 0 unspecified atom stereocenters. The zero-order chi connectivity index (χ0) is 14.5. The zero-order valence-electron chi connectivity index (χ0n) is 12.1. The largest absolute Gasteiger partial charge is 0.493 e. The molecule has 20 heavy (non-hydrogen) atoms. The van der Waals surface area contributed by atoms with E-state index in [1.165, 1.54) is 0 Å². The van der Waals surface area contributed by atoms with Gasteiger partial charge in [0, 0.05) is 18.9 Å². The summed E-state index contributed by atoms with van der Waals surface area (Å²) in [6.07, 6.45) is 6.82. The molecule has 1 aromatic carbocycles.